The fraction of sp³-hybridized carbons (Fsp3) is 0.500. The molecular formula is C18H24N4O4S2. The van der Waals surface area contributed by atoms with Gasteiger partial charge in [0.2, 0.25) is 15.9 Å². The Labute approximate surface area is 169 Å². The van der Waals surface area contributed by atoms with Crippen LogP contribution >= 0.6 is 11.8 Å². The highest BCUT2D eigenvalue weighted by Crippen LogP contribution is 2.24. The maximum Gasteiger partial charge on any atom is 0.248 e. The summed E-state index contributed by atoms with van der Waals surface area (Å²) >= 11 is 1.52. The number of sulfonamides is 1. The van der Waals surface area contributed by atoms with Crippen molar-refractivity contribution in [1.82, 2.24) is 19.3 Å². The summed E-state index contributed by atoms with van der Waals surface area (Å²) in [5, 5.41) is 3.75. The van der Waals surface area contributed by atoms with Crippen molar-refractivity contribution < 1.29 is 17.7 Å². The van der Waals surface area contributed by atoms with Crippen LogP contribution in [0.5, 0.6) is 0 Å². The Balaban J connectivity index is 1.56. The summed E-state index contributed by atoms with van der Waals surface area (Å²) in [6.07, 6.45) is 2.33. The highest BCUT2D eigenvalue weighted by Gasteiger charge is 2.32. The van der Waals surface area contributed by atoms with Gasteiger partial charge < -0.3 is 9.42 Å². The summed E-state index contributed by atoms with van der Waals surface area (Å²) in [6.45, 7) is 4.79. The van der Waals surface area contributed by atoms with Crippen LogP contribution in [0.1, 0.15) is 23.6 Å². The molecule has 1 aliphatic heterocycles. The van der Waals surface area contributed by atoms with Gasteiger partial charge in [0.1, 0.15) is 10.6 Å². The van der Waals surface area contributed by atoms with Crippen molar-refractivity contribution in [2.45, 2.75) is 30.9 Å². The summed E-state index contributed by atoms with van der Waals surface area (Å²) < 4.78 is 32.4. The van der Waals surface area contributed by atoms with Crippen molar-refractivity contribution in [3.63, 3.8) is 0 Å². The third kappa shape index (κ3) is 4.73. The lowest BCUT2D eigenvalue weighted by molar-refractivity contribution is -0.128. The molecule has 1 fully saturated rings. The topological polar surface area (TPSA) is 96.6 Å². The van der Waals surface area contributed by atoms with Crippen LogP contribution in [0.4, 0.5) is 0 Å². The molecule has 1 saturated heterocycles. The van der Waals surface area contributed by atoms with Gasteiger partial charge in [0.05, 0.1) is 11.4 Å². The monoisotopic (exact) mass is 424 g/mol. The molecule has 0 spiro atoms. The van der Waals surface area contributed by atoms with Crippen LogP contribution < -0.4 is 0 Å². The zero-order valence-electron chi connectivity index (χ0n) is 16.0. The van der Waals surface area contributed by atoms with E-state index in [0.29, 0.717) is 49.0 Å². The molecule has 28 heavy (non-hydrogen) atoms. The minimum atomic E-state index is -3.68. The van der Waals surface area contributed by atoms with Crippen LogP contribution in [-0.4, -0.2) is 65.6 Å². The number of carbonyl (C=O) groups excluding carboxylic acids is 1. The van der Waals surface area contributed by atoms with E-state index in [2.05, 4.69) is 10.1 Å². The number of hydrogen-bond donors (Lipinski definition) is 0. The molecule has 10 heteroatoms. The third-order valence-corrected chi connectivity index (χ3v) is 7.67. The predicted octanol–water partition coefficient (Wildman–Crippen LogP) is 1.84. The molecule has 8 nitrogen and oxygen atoms in total. The quantitative estimate of drug-likeness (QED) is 0.698. The molecule has 152 valence electrons. The normalized spacial score (nSPS) is 16.1. The highest BCUT2D eigenvalue weighted by molar-refractivity contribution is 7.99. The smallest absolute Gasteiger partial charge is 0.248 e. The van der Waals surface area contributed by atoms with Crippen LogP contribution in [0.3, 0.4) is 0 Å². The Hall–Kier alpha value is -1.91. The first-order valence-corrected chi connectivity index (χ1v) is 11.7. The van der Waals surface area contributed by atoms with E-state index in [-0.39, 0.29) is 17.3 Å². The molecule has 0 atom stereocenters. The molecular weight excluding hydrogens is 400 g/mol. The second-order valence-electron chi connectivity index (χ2n) is 6.61. The van der Waals surface area contributed by atoms with Crippen LogP contribution in [0.25, 0.3) is 0 Å². The first kappa shape index (κ1) is 20.8. The van der Waals surface area contributed by atoms with Crippen LogP contribution in [-0.2, 0) is 20.6 Å². The van der Waals surface area contributed by atoms with E-state index in [1.54, 1.807) is 24.9 Å². The molecule has 0 aromatic carbocycles. The average molecular weight is 425 g/mol. The van der Waals surface area contributed by atoms with E-state index in [0.717, 1.165) is 5.69 Å². The zero-order chi connectivity index (χ0) is 20.1. The number of rotatable bonds is 6. The van der Waals surface area contributed by atoms with Gasteiger partial charge in [-0.15, -0.1) is 11.8 Å². The van der Waals surface area contributed by atoms with Crippen molar-refractivity contribution in [2.24, 2.45) is 0 Å². The van der Waals surface area contributed by atoms with Gasteiger partial charge in [-0.2, -0.15) is 4.31 Å². The molecule has 2 aromatic heterocycles. The van der Waals surface area contributed by atoms with E-state index < -0.39 is 10.0 Å². The molecule has 0 bridgehead atoms. The molecule has 0 saturated carbocycles. The zero-order valence-corrected chi connectivity index (χ0v) is 17.6. The molecule has 0 aliphatic carbocycles. The van der Waals surface area contributed by atoms with E-state index >= 15 is 0 Å². The fourth-order valence-electron chi connectivity index (χ4n) is 3.17. The molecule has 3 rings (SSSR count). The van der Waals surface area contributed by atoms with Crippen molar-refractivity contribution in [2.75, 3.05) is 31.9 Å². The lowest BCUT2D eigenvalue weighted by Gasteiger charge is -2.21. The van der Waals surface area contributed by atoms with Crippen molar-refractivity contribution in [1.29, 1.82) is 0 Å². The number of nitrogens with zero attached hydrogens (tertiary/aromatic N) is 4. The Kier molecular flexibility index (Phi) is 6.73. The predicted molar refractivity (Wildman–Crippen MR) is 106 cm³/mol. The third-order valence-electron chi connectivity index (χ3n) is 4.57. The van der Waals surface area contributed by atoms with Crippen LogP contribution in [0.15, 0.2) is 33.8 Å². The summed E-state index contributed by atoms with van der Waals surface area (Å²) in [5.74, 6) is 1.35. The van der Waals surface area contributed by atoms with Gasteiger partial charge in [-0.05, 0) is 32.4 Å². The number of thioether (sulfide) groups is 1. The maximum absolute atomic E-state index is 13.0. The minimum Gasteiger partial charge on any atom is -0.360 e. The second kappa shape index (κ2) is 9.06. The fourth-order valence-corrected chi connectivity index (χ4v) is 5.77. The first-order chi connectivity index (χ1) is 13.4. The van der Waals surface area contributed by atoms with Crippen molar-refractivity contribution in [3.05, 3.63) is 41.5 Å². The van der Waals surface area contributed by atoms with Gasteiger partial charge in [-0.1, -0.05) is 11.2 Å². The number of hydrogen-bond acceptors (Lipinski definition) is 7. The Morgan fingerprint density at radius 1 is 1.21 bits per heavy atom. The van der Waals surface area contributed by atoms with Crippen molar-refractivity contribution >= 4 is 27.7 Å². The van der Waals surface area contributed by atoms with E-state index in [4.69, 9.17) is 4.52 Å². The molecule has 0 N–H and O–H groups in total. The van der Waals surface area contributed by atoms with Gasteiger partial charge >= 0.3 is 0 Å². The highest BCUT2D eigenvalue weighted by atomic mass is 32.2. The van der Waals surface area contributed by atoms with E-state index in [1.165, 1.54) is 16.1 Å². The number of amides is 1. The molecule has 0 unspecified atom stereocenters. The lowest BCUT2D eigenvalue weighted by Crippen LogP contribution is -2.38. The van der Waals surface area contributed by atoms with Crippen LogP contribution in [0.2, 0.25) is 0 Å². The van der Waals surface area contributed by atoms with E-state index in [1.807, 2.05) is 18.2 Å². The number of aryl methyl sites for hydroxylation is 2. The lowest BCUT2D eigenvalue weighted by atomic mass is 10.4. The maximum atomic E-state index is 13.0. The molecule has 3 heterocycles. The summed E-state index contributed by atoms with van der Waals surface area (Å²) in [7, 11) is -3.68. The van der Waals surface area contributed by atoms with Crippen molar-refractivity contribution in [3.8, 4) is 0 Å². The minimum absolute atomic E-state index is 0.0255. The largest absolute Gasteiger partial charge is 0.360 e. The number of aromatic nitrogens is 2. The van der Waals surface area contributed by atoms with Gasteiger partial charge in [0.15, 0.2) is 5.76 Å². The van der Waals surface area contributed by atoms with Crippen LogP contribution in [0, 0.1) is 13.8 Å². The molecule has 0 radical (unpaired) electrons. The molecule has 1 amide bonds. The van der Waals surface area contributed by atoms with Gasteiger partial charge in [0.25, 0.3) is 0 Å². The second-order valence-corrected chi connectivity index (χ2v) is 9.47. The standard InChI is InChI=1S/C18H24N4O4S2/c1-14-18(15(2)26-20-14)28(24,25)22-9-5-8-21(10-11-22)17(23)13-27-12-16-6-3-4-7-19-16/h3-4,6-7H,5,8-13H2,1-2H3. The first-order valence-electron chi connectivity index (χ1n) is 9.08. The Morgan fingerprint density at radius 3 is 2.71 bits per heavy atom. The Morgan fingerprint density at radius 2 is 2.04 bits per heavy atom. The summed E-state index contributed by atoms with van der Waals surface area (Å²) in [4.78, 5) is 18.7. The number of pyridine rings is 1. The Bertz CT molecular complexity index is 895. The molecule has 1 aliphatic rings. The summed E-state index contributed by atoms with van der Waals surface area (Å²) in [5.41, 5.74) is 1.30. The van der Waals surface area contributed by atoms with Gasteiger partial charge in [-0.25, -0.2) is 8.42 Å². The summed E-state index contributed by atoms with van der Waals surface area (Å²) in [6, 6.07) is 5.72. The number of carbonyl (C=O) groups is 1. The average Bonchev–Trinajstić information content (AvgIpc) is 2.87. The van der Waals surface area contributed by atoms with E-state index in [9.17, 15) is 13.2 Å². The van der Waals surface area contributed by atoms with Gasteiger partial charge in [-0.3, -0.25) is 9.78 Å². The van der Waals surface area contributed by atoms with Gasteiger partial charge in [0, 0.05) is 38.1 Å². The SMILES string of the molecule is Cc1noc(C)c1S(=O)(=O)N1CCCN(C(=O)CSCc2ccccn2)CC1. The molecule has 2 aromatic rings.